The molecule has 3 unspecified atom stereocenters. The first-order valence-electron chi connectivity index (χ1n) is 5.88. The largest absolute Gasteiger partial charge is 0.393 e. The van der Waals surface area contributed by atoms with Crippen LogP contribution < -0.4 is 11.5 Å². The molecule has 3 atom stereocenters. The predicted octanol–water partition coefficient (Wildman–Crippen LogP) is 0.212. The Balaban J connectivity index is 3.64. The van der Waals surface area contributed by atoms with Crippen LogP contribution in [0.15, 0.2) is 0 Å². The summed E-state index contributed by atoms with van der Waals surface area (Å²) in [7, 11) is 0. The molecule has 0 aromatic carbocycles. The van der Waals surface area contributed by atoms with Gasteiger partial charge in [-0.1, -0.05) is 6.92 Å². The first kappa shape index (κ1) is 14.8. The van der Waals surface area contributed by atoms with Gasteiger partial charge in [0.05, 0.1) is 12.2 Å². The molecule has 0 bridgehead atoms. The van der Waals surface area contributed by atoms with Crippen LogP contribution in [0.5, 0.6) is 0 Å². The second-order valence-electron chi connectivity index (χ2n) is 4.30. The van der Waals surface area contributed by atoms with Crippen molar-refractivity contribution in [2.45, 2.75) is 51.2 Å². The van der Waals surface area contributed by atoms with Gasteiger partial charge in [0.25, 0.3) is 0 Å². The lowest BCUT2D eigenvalue weighted by atomic mass is 9.93. The molecule has 0 fully saturated rings. The Morgan fingerprint density at radius 1 is 1.00 bits per heavy atom. The van der Waals surface area contributed by atoms with Gasteiger partial charge in [0, 0.05) is 0 Å². The summed E-state index contributed by atoms with van der Waals surface area (Å²) in [5, 5.41) is 19.4. The van der Waals surface area contributed by atoms with Crippen LogP contribution in [-0.4, -0.2) is 35.5 Å². The average molecular weight is 218 g/mol. The third-order valence-corrected chi connectivity index (χ3v) is 2.75. The minimum Gasteiger partial charge on any atom is -0.393 e. The highest BCUT2D eigenvalue weighted by atomic mass is 16.3. The van der Waals surface area contributed by atoms with Gasteiger partial charge in [-0.2, -0.15) is 0 Å². The van der Waals surface area contributed by atoms with Crippen molar-refractivity contribution in [3.05, 3.63) is 0 Å². The van der Waals surface area contributed by atoms with E-state index in [-0.39, 0.29) is 18.1 Å². The summed E-state index contributed by atoms with van der Waals surface area (Å²) >= 11 is 0. The lowest BCUT2D eigenvalue weighted by Crippen LogP contribution is -2.24. The highest BCUT2D eigenvalue weighted by molar-refractivity contribution is 4.69. The number of hydrogen-bond donors (Lipinski definition) is 4. The first-order valence-corrected chi connectivity index (χ1v) is 5.88. The van der Waals surface area contributed by atoms with Crippen LogP contribution in [0, 0.1) is 5.92 Å². The maximum absolute atomic E-state index is 9.73. The normalized spacial score (nSPS) is 17.4. The zero-order valence-electron chi connectivity index (χ0n) is 9.73. The number of nitrogens with two attached hydrogens (primary N) is 2. The van der Waals surface area contributed by atoms with Crippen molar-refractivity contribution < 1.29 is 10.2 Å². The summed E-state index contributed by atoms with van der Waals surface area (Å²) in [6, 6.07) is 0. The zero-order chi connectivity index (χ0) is 11.7. The number of aliphatic hydroxyl groups excluding tert-OH is 2. The van der Waals surface area contributed by atoms with Gasteiger partial charge in [-0.05, 0) is 51.1 Å². The monoisotopic (exact) mass is 218 g/mol. The Bertz CT molecular complexity index is 145. The van der Waals surface area contributed by atoms with Gasteiger partial charge in [0.1, 0.15) is 0 Å². The smallest absolute Gasteiger partial charge is 0.0567 e. The van der Waals surface area contributed by atoms with Gasteiger partial charge in [-0.3, -0.25) is 0 Å². The van der Waals surface area contributed by atoms with Gasteiger partial charge in [-0.25, -0.2) is 0 Å². The van der Waals surface area contributed by atoms with Crippen molar-refractivity contribution in [1.82, 2.24) is 0 Å². The standard InChI is InChI=1S/C11H26N2O2/c1-9(11(15)5-3-7-13)8-10(14)4-2-6-12/h9-11,14-15H,2-8,12-13H2,1H3. The predicted molar refractivity (Wildman–Crippen MR) is 62.4 cm³/mol. The first-order chi connectivity index (χ1) is 7.11. The van der Waals surface area contributed by atoms with E-state index in [1.54, 1.807) is 0 Å². The van der Waals surface area contributed by atoms with Gasteiger partial charge in [0.2, 0.25) is 0 Å². The summed E-state index contributed by atoms with van der Waals surface area (Å²) in [6.45, 7) is 3.19. The van der Waals surface area contributed by atoms with E-state index in [1.807, 2.05) is 6.92 Å². The van der Waals surface area contributed by atoms with E-state index < -0.39 is 0 Å². The molecule has 0 saturated carbocycles. The molecule has 15 heavy (non-hydrogen) atoms. The third kappa shape index (κ3) is 7.73. The zero-order valence-corrected chi connectivity index (χ0v) is 9.73. The Labute approximate surface area is 92.7 Å². The van der Waals surface area contributed by atoms with Crippen LogP contribution in [0.2, 0.25) is 0 Å². The summed E-state index contributed by atoms with van der Waals surface area (Å²) in [6.07, 6.45) is 3.09. The Hall–Kier alpha value is -0.160. The second-order valence-corrected chi connectivity index (χ2v) is 4.30. The number of rotatable bonds is 9. The average Bonchev–Trinajstić information content (AvgIpc) is 2.22. The topological polar surface area (TPSA) is 92.5 Å². The quantitative estimate of drug-likeness (QED) is 0.445. The van der Waals surface area contributed by atoms with Crippen molar-refractivity contribution in [2.24, 2.45) is 17.4 Å². The highest BCUT2D eigenvalue weighted by Crippen LogP contribution is 2.17. The Morgan fingerprint density at radius 3 is 2.07 bits per heavy atom. The number of hydrogen-bond acceptors (Lipinski definition) is 4. The summed E-state index contributed by atoms with van der Waals surface area (Å²) < 4.78 is 0. The van der Waals surface area contributed by atoms with Crippen molar-refractivity contribution in [1.29, 1.82) is 0 Å². The molecule has 6 N–H and O–H groups in total. The van der Waals surface area contributed by atoms with Crippen LogP contribution in [0.4, 0.5) is 0 Å². The van der Waals surface area contributed by atoms with Crippen LogP contribution >= 0.6 is 0 Å². The maximum Gasteiger partial charge on any atom is 0.0567 e. The molecule has 0 amide bonds. The Morgan fingerprint density at radius 2 is 1.53 bits per heavy atom. The molecule has 0 aliphatic rings. The molecule has 4 nitrogen and oxygen atoms in total. The maximum atomic E-state index is 9.73. The van der Waals surface area contributed by atoms with E-state index >= 15 is 0 Å². The van der Waals surface area contributed by atoms with Crippen LogP contribution in [-0.2, 0) is 0 Å². The second kappa shape index (κ2) is 9.09. The van der Waals surface area contributed by atoms with Crippen molar-refractivity contribution in [3.63, 3.8) is 0 Å². The van der Waals surface area contributed by atoms with Crippen molar-refractivity contribution >= 4 is 0 Å². The van der Waals surface area contributed by atoms with E-state index in [0.29, 0.717) is 19.5 Å². The molecule has 4 heteroatoms. The van der Waals surface area contributed by atoms with Crippen LogP contribution in [0.25, 0.3) is 0 Å². The Kier molecular flexibility index (Phi) is 9.00. The van der Waals surface area contributed by atoms with Crippen molar-refractivity contribution in [2.75, 3.05) is 13.1 Å². The molecule has 0 radical (unpaired) electrons. The molecule has 0 rings (SSSR count). The summed E-state index contributed by atoms with van der Waals surface area (Å²) in [5.74, 6) is 0.129. The van der Waals surface area contributed by atoms with E-state index in [2.05, 4.69) is 0 Å². The van der Waals surface area contributed by atoms with Crippen LogP contribution in [0.1, 0.15) is 39.0 Å². The third-order valence-electron chi connectivity index (χ3n) is 2.75. The molecular weight excluding hydrogens is 192 g/mol. The molecule has 0 saturated heterocycles. The fourth-order valence-electron chi connectivity index (χ4n) is 1.67. The van der Waals surface area contributed by atoms with E-state index in [0.717, 1.165) is 25.7 Å². The SMILES string of the molecule is CC(CC(O)CCCN)C(O)CCCN. The van der Waals surface area contributed by atoms with Gasteiger partial charge < -0.3 is 21.7 Å². The van der Waals surface area contributed by atoms with Gasteiger partial charge >= 0.3 is 0 Å². The van der Waals surface area contributed by atoms with Gasteiger partial charge in [0.15, 0.2) is 0 Å². The fraction of sp³-hybridized carbons (Fsp3) is 1.00. The molecule has 0 spiro atoms. The molecule has 0 aliphatic carbocycles. The molecule has 0 aliphatic heterocycles. The summed E-state index contributed by atoms with van der Waals surface area (Å²) in [5.41, 5.74) is 10.7. The lowest BCUT2D eigenvalue weighted by Gasteiger charge is -2.21. The minimum absolute atomic E-state index is 0.129. The van der Waals surface area contributed by atoms with Gasteiger partial charge in [-0.15, -0.1) is 0 Å². The molecule has 0 aromatic rings. The van der Waals surface area contributed by atoms with E-state index in [4.69, 9.17) is 11.5 Å². The lowest BCUT2D eigenvalue weighted by molar-refractivity contribution is 0.0597. The molecule has 0 aromatic heterocycles. The van der Waals surface area contributed by atoms with Crippen molar-refractivity contribution in [3.8, 4) is 0 Å². The fourth-order valence-corrected chi connectivity index (χ4v) is 1.67. The van der Waals surface area contributed by atoms with E-state index in [1.165, 1.54) is 0 Å². The van der Waals surface area contributed by atoms with Crippen LogP contribution in [0.3, 0.4) is 0 Å². The highest BCUT2D eigenvalue weighted by Gasteiger charge is 2.17. The summed E-state index contributed by atoms with van der Waals surface area (Å²) in [4.78, 5) is 0. The minimum atomic E-state index is -0.346. The van der Waals surface area contributed by atoms with E-state index in [9.17, 15) is 10.2 Å². The molecular formula is C11H26N2O2. The molecule has 0 heterocycles. The number of aliphatic hydroxyl groups is 2. The molecule has 92 valence electrons.